The van der Waals surface area contributed by atoms with Crippen LogP contribution in [0.2, 0.25) is 5.02 Å². The summed E-state index contributed by atoms with van der Waals surface area (Å²) in [5, 5.41) is 2.53. The van der Waals surface area contributed by atoms with Crippen molar-refractivity contribution in [3.05, 3.63) is 71.3 Å². The van der Waals surface area contributed by atoms with Gasteiger partial charge in [0.05, 0.1) is 11.1 Å². The van der Waals surface area contributed by atoms with Gasteiger partial charge in [0.15, 0.2) is 0 Å². The first-order valence-corrected chi connectivity index (χ1v) is 6.54. The Morgan fingerprint density at radius 2 is 1.68 bits per heavy atom. The van der Waals surface area contributed by atoms with E-state index in [9.17, 15) is 4.39 Å². The van der Waals surface area contributed by atoms with E-state index in [1.807, 2.05) is 25.1 Å². The van der Waals surface area contributed by atoms with E-state index in [-0.39, 0.29) is 16.9 Å². The predicted octanol–water partition coefficient (Wildman–Crippen LogP) is 5.04. The van der Waals surface area contributed by atoms with Crippen molar-refractivity contribution in [2.24, 2.45) is 0 Å². The molecule has 0 saturated heterocycles. The minimum Gasteiger partial charge on any atom is -0.346 e. The van der Waals surface area contributed by atoms with Gasteiger partial charge < -0.3 is 4.57 Å². The summed E-state index contributed by atoms with van der Waals surface area (Å²) in [4.78, 5) is 0. The predicted molar refractivity (Wildman–Crippen MR) is 77.2 cm³/mol. The quantitative estimate of drug-likeness (QED) is 0.616. The molecule has 0 aliphatic carbocycles. The molecule has 1 unspecified atom stereocenters. The Hall–Kier alpha value is -1.80. The van der Waals surface area contributed by atoms with E-state index in [2.05, 4.69) is 29.1 Å². The van der Waals surface area contributed by atoms with Gasteiger partial charge in [-0.3, -0.25) is 0 Å². The zero-order chi connectivity index (χ0) is 13.4. The maximum Gasteiger partial charge on any atom is 0.142 e. The molecule has 19 heavy (non-hydrogen) atoms. The maximum atomic E-state index is 13.5. The first-order chi connectivity index (χ1) is 9.15. The molecule has 3 rings (SSSR count). The fourth-order valence-electron chi connectivity index (χ4n) is 2.27. The van der Waals surface area contributed by atoms with Gasteiger partial charge in [0.25, 0.3) is 0 Å². The van der Waals surface area contributed by atoms with E-state index in [1.54, 1.807) is 6.07 Å². The normalized spacial score (nSPS) is 12.8. The molecule has 0 bridgehead atoms. The van der Waals surface area contributed by atoms with Crippen LogP contribution >= 0.6 is 11.6 Å². The van der Waals surface area contributed by atoms with Crippen molar-refractivity contribution in [1.82, 2.24) is 4.57 Å². The number of hydrogen-bond donors (Lipinski definition) is 0. The number of fused-ring (bicyclic) bond motifs is 1. The molecule has 96 valence electrons. The first-order valence-electron chi connectivity index (χ1n) is 6.16. The van der Waals surface area contributed by atoms with E-state index in [0.29, 0.717) is 0 Å². The Balaban J connectivity index is 2.02. The van der Waals surface area contributed by atoms with E-state index >= 15 is 0 Å². The molecule has 3 heteroatoms. The standard InChI is InChI=1S/C16H13ClFN/c1-11(12-6-7-15(17)16(18)8-12)19-9-13-4-2-3-5-14(13)10-19/h2-11H,1H3. The molecular formula is C16H13ClFN. The van der Waals surface area contributed by atoms with Crippen LogP contribution in [-0.2, 0) is 0 Å². The highest BCUT2D eigenvalue weighted by Gasteiger charge is 2.10. The average Bonchev–Trinajstić information content (AvgIpc) is 2.85. The number of halogens is 2. The second-order valence-corrected chi connectivity index (χ2v) is 5.09. The van der Waals surface area contributed by atoms with Gasteiger partial charge in [-0.25, -0.2) is 4.39 Å². The Labute approximate surface area is 116 Å². The van der Waals surface area contributed by atoms with Crippen molar-refractivity contribution in [3.63, 3.8) is 0 Å². The van der Waals surface area contributed by atoms with Gasteiger partial charge in [-0.15, -0.1) is 0 Å². The lowest BCUT2D eigenvalue weighted by molar-refractivity contribution is 0.607. The molecule has 3 aromatic rings. The Morgan fingerprint density at radius 3 is 2.26 bits per heavy atom. The van der Waals surface area contributed by atoms with Crippen LogP contribution in [0.5, 0.6) is 0 Å². The summed E-state index contributed by atoms with van der Waals surface area (Å²) >= 11 is 5.71. The Morgan fingerprint density at radius 1 is 1.05 bits per heavy atom. The molecule has 0 saturated carbocycles. The van der Waals surface area contributed by atoms with Gasteiger partial charge >= 0.3 is 0 Å². The molecule has 0 fully saturated rings. The van der Waals surface area contributed by atoms with Crippen molar-refractivity contribution < 1.29 is 4.39 Å². The van der Waals surface area contributed by atoms with Crippen LogP contribution in [0.4, 0.5) is 4.39 Å². The summed E-state index contributed by atoms with van der Waals surface area (Å²) in [6.45, 7) is 2.04. The molecule has 2 aromatic carbocycles. The SMILES string of the molecule is CC(c1ccc(Cl)c(F)c1)n1cc2ccccc2c1. The minimum atomic E-state index is -0.372. The van der Waals surface area contributed by atoms with E-state index < -0.39 is 0 Å². The number of aromatic nitrogens is 1. The van der Waals surface area contributed by atoms with Crippen LogP contribution < -0.4 is 0 Å². The Kier molecular flexibility index (Phi) is 3.03. The molecule has 0 aliphatic heterocycles. The monoisotopic (exact) mass is 273 g/mol. The van der Waals surface area contributed by atoms with Crippen LogP contribution in [0.25, 0.3) is 10.8 Å². The van der Waals surface area contributed by atoms with Crippen molar-refractivity contribution >= 4 is 22.4 Å². The second-order valence-electron chi connectivity index (χ2n) is 4.68. The van der Waals surface area contributed by atoms with Gasteiger partial charge in [0.2, 0.25) is 0 Å². The number of nitrogens with zero attached hydrogens (tertiary/aromatic N) is 1. The summed E-state index contributed by atoms with van der Waals surface area (Å²) < 4.78 is 15.6. The third kappa shape index (κ3) is 2.24. The Bertz CT molecular complexity index is 699. The van der Waals surface area contributed by atoms with Crippen molar-refractivity contribution in [3.8, 4) is 0 Å². The molecule has 0 aliphatic rings. The maximum absolute atomic E-state index is 13.5. The molecule has 1 heterocycles. The van der Waals surface area contributed by atoms with Crippen molar-refractivity contribution in [2.75, 3.05) is 0 Å². The third-order valence-electron chi connectivity index (χ3n) is 3.45. The number of rotatable bonds is 2. The summed E-state index contributed by atoms with van der Waals surface area (Å²) in [6.07, 6.45) is 4.15. The molecule has 0 radical (unpaired) electrons. The summed E-state index contributed by atoms with van der Waals surface area (Å²) in [6, 6.07) is 13.2. The number of benzene rings is 2. The zero-order valence-electron chi connectivity index (χ0n) is 10.5. The van der Waals surface area contributed by atoms with E-state index in [1.165, 1.54) is 16.8 Å². The lowest BCUT2D eigenvalue weighted by atomic mass is 10.1. The molecular weight excluding hydrogens is 261 g/mol. The van der Waals surface area contributed by atoms with Gasteiger partial charge in [-0.1, -0.05) is 41.9 Å². The lowest BCUT2D eigenvalue weighted by Crippen LogP contribution is -2.04. The van der Waals surface area contributed by atoms with Crippen LogP contribution in [-0.4, -0.2) is 4.57 Å². The molecule has 1 aromatic heterocycles. The fraction of sp³-hybridized carbons (Fsp3) is 0.125. The molecule has 0 N–H and O–H groups in total. The lowest BCUT2D eigenvalue weighted by Gasteiger charge is -2.14. The van der Waals surface area contributed by atoms with Crippen molar-refractivity contribution in [2.45, 2.75) is 13.0 Å². The van der Waals surface area contributed by atoms with Crippen LogP contribution in [0, 0.1) is 5.82 Å². The average molecular weight is 274 g/mol. The van der Waals surface area contributed by atoms with E-state index in [4.69, 9.17) is 11.6 Å². The topological polar surface area (TPSA) is 4.93 Å². The van der Waals surface area contributed by atoms with Gasteiger partial charge in [0.1, 0.15) is 5.82 Å². The fourth-order valence-corrected chi connectivity index (χ4v) is 2.39. The van der Waals surface area contributed by atoms with Gasteiger partial charge in [0, 0.05) is 12.4 Å². The third-order valence-corrected chi connectivity index (χ3v) is 3.75. The van der Waals surface area contributed by atoms with Gasteiger partial charge in [-0.2, -0.15) is 0 Å². The number of hydrogen-bond acceptors (Lipinski definition) is 0. The van der Waals surface area contributed by atoms with Crippen LogP contribution in [0.1, 0.15) is 18.5 Å². The van der Waals surface area contributed by atoms with Crippen molar-refractivity contribution in [1.29, 1.82) is 0 Å². The molecule has 0 amide bonds. The van der Waals surface area contributed by atoms with Crippen LogP contribution in [0.3, 0.4) is 0 Å². The highest BCUT2D eigenvalue weighted by Crippen LogP contribution is 2.25. The summed E-state index contributed by atoms with van der Waals surface area (Å²) in [5.41, 5.74) is 0.905. The van der Waals surface area contributed by atoms with E-state index in [0.717, 1.165) is 5.56 Å². The molecule has 1 atom stereocenters. The summed E-state index contributed by atoms with van der Waals surface area (Å²) in [5.74, 6) is -0.372. The highest BCUT2D eigenvalue weighted by atomic mass is 35.5. The second kappa shape index (κ2) is 4.71. The summed E-state index contributed by atoms with van der Waals surface area (Å²) in [7, 11) is 0. The first kappa shape index (κ1) is 12.2. The highest BCUT2D eigenvalue weighted by molar-refractivity contribution is 6.30. The largest absolute Gasteiger partial charge is 0.346 e. The smallest absolute Gasteiger partial charge is 0.142 e. The minimum absolute atomic E-state index is 0.0687. The van der Waals surface area contributed by atoms with Crippen LogP contribution in [0.15, 0.2) is 54.9 Å². The molecule has 1 nitrogen and oxygen atoms in total. The molecule has 0 spiro atoms. The zero-order valence-corrected chi connectivity index (χ0v) is 11.2. The van der Waals surface area contributed by atoms with Gasteiger partial charge in [-0.05, 0) is 35.4 Å².